The van der Waals surface area contributed by atoms with Gasteiger partial charge in [0.1, 0.15) is 24.3 Å². The summed E-state index contributed by atoms with van der Waals surface area (Å²) < 4.78 is 45.2. The molecule has 36 heavy (non-hydrogen) atoms. The molecule has 0 amide bonds. The maximum atomic E-state index is 15.1. The zero-order valence-electron chi connectivity index (χ0n) is 19.4. The van der Waals surface area contributed by atoms with Gasteiger partial charge in [-0.25, -0.2) is 18.2 Å². The molecule has 186 valence electrons. The minimum atomic E-state index is -1.44. The SMILES string of the molecule is C[C@H]([C@@H](Cn1cncn1)c1ccc(F)cc1F)N1NC(F)c2cc(NCc3ccc(Cl)cc3)ccc21. The van der Waals surface area contributed by atoms with E-state index in [1.807, 2.05) is 43.3 Å². The summed E-state index contributed by atoms with van der Waals surface area (Å²) in [4.78, 5) is 3.96. The zero-order chi connectivity index (χ0) is 25.2. The van der Waals surface area contributed by atoms with Crippen LogP contribution in [-0.4, -0.2) is 20.8 Å². The van der Waals surface area contributed by atoms with Gasteiger partial charge < -0.3 is 10.3 Å². The van der Waals surface area contributed by atoms with Crippen molar-refractivity contribution in [2.75, 3.05) is 10.3 Å². The molecule has 0 aliphatic carbocycles. The zero-order valence-corrected chi connectivity index (χ0v) is 20.1. The van der Waals surface area contributed by atoms with Gasteiger partial charge in [-0.05, 0) is 54.4 Å². The van der Waals surface area contributed by atoms with Gasteiger partial charge in [-0.15, -0.1) is 0 Å². The van der Waals surface area contributed by atoms with Crippen molar-refractivity contribution in [3.63, 3.8) is 0 Å². The van der Waals surface area contributed by atoms with Crippen molar-refractivity contribution >= 4 is 23.0 Å². The van der Waals surface area contributed by atoms with Crippen LogP contribution in [0.1, 0.15) is 35.8 Å². The van der Waals surface area contributed by atoms with Crippen LogP contribution in [-0.2, 0) is 13.1 Å². The van der Waals surface area contributed by atoms with Crippen molar-refractivity contribution < 1.29 is 13.2 Å². The van der Waals surface area contributed by atoms with Crippen molar-refractivity contribution in [3.05, 3.63) is 107 Å². The number of nitrogens with zero attached hydrogens (tertiary/aromatic N) is 4. The Labute approximate surface area is 211 Å². The number of fused-ring (bicyclic) bond motifs is 1. The largest absolute Gasteiger partial charge is 0.381 e. The fourth-order valence-corrected chi connectivity index (χ4v) is 4.64. The predicted molar refractivity (Wildman–Crippen MR) is 133 cm³/mol. The molecule has 6 nitrogen and oxygen atoms in total. The fraction of sp³-hybridized carbons (Fsp3) is 0.231. The van der Waals surface area contributed by atoms with Gasteiger partial charge in [-0.2, -0.15) is 10.5 Å². The summed E-state index contributed by atoms with van der Waals surface area (Å²) in [6.07, 6.45) is 1.48. The molecule has 4 aromatic rings. The van der Waals surface area contributed by atoms with E-state index >= 15 is 4.39 Å². The van der Waals surface area contributed by atoms with E-state index in [0.717, 1.165) is 17.3 Å². The first-order chi connectivity index (χ1) is 17.4. The molecule has 0 saturated heterocycles. The molecule has 2 heterocycles. The van der Waals surface area contributed by atoms with Gasteiger partial charge in [0.25, 0.3) is 0 Å². The molecule has 0 saturated carbocycles. The number of nitrogens with one attached hydrogen (secondary N) is 2. The van der Waals surface area contributed by atoms with Crippen molar-refractivity contribution in [2.24, 2.45) is 0 Å². The number of halogens is 4. The minimum Gasteiger partial charge on any atom is -0.381 e. The number of benzene rings is 3. The first-order valence-electron chi connectivity index (χ1n) is 11.5. The summed E-state index contributed by atoms with van der Waals surface area (Å²) in [5.41, 5.74) is 6.12. The van der Waals surface area contributed by atoms with Crippen LogP contribution in [0.15, 0.2) is 73.3 Å². The van der Waals surface area contributed by atoms with Crippen LogP contribution < -0.4 is 15.8 Å². The first kappa shape index (κ1) is 24.1. The third-order valence-electron chi connectivity index (χ3n) is 6.42. The Morgan fingerprint density at radius 3 is 2.61 bits per heavy atom. The molecule has 1 aliphatic heterocycles. The smallest absolute Gasteiger partial charge is 0.195 e. The maximum absolute atomic E-state index is 15.1. The molecule has 1 unspecified atom stereocenters. The lowest BCUT2D eigenvalue weighted by atomic mass is 9.91. The number of rotatable bonds is 8. The second kappa shape index (κ2) is 10.2. The Hall–Kier alpha value is -3.56. The average molecular weight is 513 g/mol. The Morgan fingerprint density at radius 1 is 1.08 bits per heavy atom. The van der Waals surface area contributed by atoms with E-state index in [2.05, 4.69) is 20.8 Å². The molecule has 1 aromatic heterocycles. The summed E-state index contributed by atoms with van der Waals surface area (Å²) in [5.74, 6) is -1.80. The number of aromatic nitrogens is 3. The Balaban J connectivity index is 1.40. The van der Waals surface area contributed by atoms with Gasteiger partial charge in [0.2, 0.25) is 0 Å². The summed E-state index contributed by atoms with van der Waals surface area (Å²) in [6, 6.07) is 16.1. The quantitative estimate of drug-likeness (QED) is 0.284. The fourth-order valence-electron chi connectivity index (χ4n) is 4.51. The molecule has 2 N–H and O–H groups in total. The number of hydrogen-bond acceptors (Lipinski definition) is 5. The van der Waals surface area contributed by atoms with Crippen molar-refractivity contribution in [3.8, 4) is 0 Å². The van der Waals surface area contributed by atoms with Gasteiger partial charge >= 0.3 is 0 Å². The summed E-state index contributed by atoms with van der Waals surface area (Å²) in [5, 5.41) is 9.81. The van der Waals surface area contributed by atoms with E-state index in [9.17, 15) is 8.78 Å². The molecule has 0 spiro atoms. The van der Waals surface area contributed by atoms with Crippen LogP contribution in [0.4, 0.5) is 24.5 Å². The standard InChI is InChI=1S/C26H24ClF3N6/c1-16(23(13-35-15-31-14-33-35)21-8-6-19(28)10-24(21)29)36-25-9-7-20(11-22(25)26(30)34-36)32-12-17-2-4-18(27)5-3-17/h2-11,14-16,23,26,32,34H,12-13H2,1H3/t16-,23-,26?/m1/s1. The lowest BCUT2D eigenvalue weighted by molar-refractivity contribution is 0.276. The van der Waals surface area contributed by atoms with E-state index in [0.29, 0.717) is 28.4 Å². The van der Waals surface area contributed by atoms with Gasteiger partial charge in [-0.3, -0.25) is 4.68 Å². The molecule has 5 rings (SSSR count). The molecule has 0 radical (unpaired) electrons. The number of hydrogen-bond donors (Lipinski definition) is 2. The second-order valence-electron chi connectivity index (χ2n) is 8.75. The van der Waals surface area contributed by atoms with E-state index in [4.69, 9.17) is 11.6 Å². The predicted octanol–water partition coefficient (Wildman–Crippen LogP) is 5.99. The topological polar surface area (TPSA) is 58.0 Å². The highest BCUT2D eigenvalue weighted by atomic mass is 35.5. The molecule has 3 atom stereocenters. The lowest BCUT2D eigenvalue weighted by Gasteiger charge is -2.34. The number of anilines is 2. The minimum absolute atomic E-state index is 0.273. The van der Waals surface area contributed by atoms with Crippen LogP contribution in [0.5, 0.6) is 0 Å². The molecule has 3 aromatic carbocycles. The molecular formula is C26H24ClF3N6. The van der Waals surface area contributed by atoms with E-state index in [1.165, 1.54) is 24.8 Å². The molecule has 0 fully saturated rings. The third-order valence-corrected chi connectivity index (χ3v) is 6.68. The maximum Gasteiger partial charge on any atom is 0.195 e. The Bertz CT molecular complexity index is 1330. The Morgan fingerprint density at radius 2 is 1.89 bits per heavy atom. The van der Waals surface area contributed by atoms with Crippen LogP contribution in [0.3, 0.4) is 0 Å². The first-order valence-corrected chi connectivity index (χ1v) is 11.9. The number of hydrazine groups is 1. The van der Waals surface area contributed by atoms with E-state index in [1.54, 1.807) is 15.8 Å². The third kappa shape index (κ3) is 5.03. The Kier molecular flexibility index (Phi) is 6.84. The molecule has 0 bridgehead atoms. The van der Waals surface area contributed by atoms with Gasteiger partial charge in [-0.1, -0.05) is 29.8 Å². The highest BCUT2D eigenvalue weighted by Gasteiger charge is 2.36. The van der Waals surface area contributed by atoms with Crippen LogP contribution in [0, 0.1) is 11.6 Å². The van der Waals surface area contributed by atoms with Crippen molar-refractivity contribution in [1.82, 2.24) is 20.2 Å². The van der Waals surface area contributed by atoms with Gasteiger partial charge in [0, 0.05) is 34.8 Å². The summed E-state index contributed by atoms with van der Waals surface area (Å²) >= 11 is 5.95. The van der Waals surface area contributed by atoms with Crippen molar-refractivity contribution in [2.45, 2.75) is 38.3 Å². The summed E-state index contributed by atoms with van der Waals surface area (Å²) in [7, 11) is 0. The van der Waals surface area contributed by atoms with Crippen LogP contribution in [0.2, 0.25) is 5.02 Å². The van der Waals surface area contributed by atoms with Crippen LogP contribution >= 0.6 is 11.6 Å². The van der Waals surface area contributed by atoms with Gasteiger partial charge in [0.15, 0.2) is 6.30 Å². The monoisotopic (exact) mass is 512 g/mol. The lowest BCUT2D eigenvalue weighted by Crippen LogP contribution is -2.45. The number of alkyl halides is 1. The van der Waals surface area contributed by atoms with Crippen LogP contribution in [0.25, 0.3) is 0 Å². The molecular weight excluding hydrogens is 489 g/mol. The second-order valence-corrected chi connectivity index (χ2v) is 9.18. The van der Waals surface area contributed by atoms with Gasteiger partial charge in [0.05, 0.1) is 18.3 Å². The van der Waals surface area contributed by atoms with E-state index < -0.39 is 29.9 Å². The highest BCUT2D eigenvalue weighted by Crippen LogP contribution is 2.40. The van der Waals surface area contributed by atoms with E-state index in [-0.39, 0.29) is 6.54 Å². The summed E-state index contributed by atoms with van der Waals surface area (Å²) in [6.45, 7) is 2.70. The van der Waals surface area contributed by atoms with Crippen molar-refractivity contribution in [1.29, 1.82) is 0 Å². The molecule has 10 heteroatoms. The molecule has 1 aliphatic rings. The average Bonchev–Trinajstić information content (AvgIpc) is 3.50. The highest BCUT2D eigenvalue weighted by molar-refractivity contribution is 6.30. The normalized spacial score (nSPS) is 16.6.